The highest BCUT2D eigenvalue weighted by Crippen LogP contribution is 2.37. The van der Waals surface area contributed by atoms with Gasteiger partial charge in [-0.15, -0.1) is 10.2 Å². The summed E-state index contributed by atoms with van der Waals surface area (Å²) < 4.78 is 85.9. The molecule has 0 aliphatic heterocycles. The van der Waals surface area contributed by atoms with Gasteiger partial charge in [-0.1, -0.05) is 50.6 Å². The third-order valence-electron chi connectivity index (χ3n) is 11.3. The maximum Gasteiger partial charge on any atom is 0.416 e. The smallest absolute Gasteiger partial charge is 0.386 e. The van der Waals surface area contributed by atoms with Crippen molar-refractivity contribution in [1.29, 1.82) is 5.26 Å². The number of nitrogens with zero attached hydrogens (tertiary/aromatic N) is 7. The Labute approximate surface area is 397 Å². The van der Waals surface area contributed by atoms with Gasteiger partial charge in [-0.2, -0.15) is 37.4 Å². The molecule has 13 nitrogen and oxygen atoms in total. The number of rotatable bonds is 11. The second kappa shape index (κ2) is 21.1. The number of aryl methyl sites for hydroxylation is 3. The molecule has 0 radical (unpaired) electrons. The van der Waals surface area contributed by atoms with Crippen LogP contribution < -0.4 is 32.7 Å². The van der Waals surface area contributed by atoms with Crippen LogP contribution in [0.2, 0.25) is 0 Å². The first kappa shape index (κ1) is 53.0. The lowest BCUT2D eigenvalue weighted by atomic mass is 10.00. The Morgan fingerprint density at radius 3 is 1.84 bits per heavy atom. The standard InChI is InChI=1S/C25H29F3N6O.C22H23F3N6.C3H8/c1-13(15-8-7-9-18(21(15)26)25(27,28)12-29)30-22-17-11-20-19(10-16(17)14(2)31-32-22)33(6)23(35)34(20)24(3,4)5;1-12(11-26)28-20-10-18-17(9-19(20)27-4)14(3)30-31-21(18)29-13(2)15-6-5-7-16(8-15)22(23,24)25;1-3-2/h7-11,13H,12,29H2,1-6H3,(H,30,32);5-10,12-13,27-28H,1-4H3,(H,29,31);3H2,1-2H3/t13-;12?,13-;/m11./s1. The summed E-state index contributed by atoms with van der Waals surface area (Å²) in [5, 5.41) is 41.7. The second-order valence-electron chi connectivity index (χ2n) is 17.9. The van der Waals surface area contributed by atoms with Crippen LogP contribution in [0.1, 0.15) is 108 Å². The molecule has 0 saturated heterocycles. The van der Waals surface area contributed by atoms with Gasteiger partial charge in [0, 0.05) is 46.7 Å². The van der Waals surface area contributed by atoms with E-state index in [0.29, 0.717) is 39.7 Å². The lowest BCUT2D eigenvalue weighted by Crippen LogP contribution is -2.34. The molecule has 0 aliphatic carbocycles. The van der Waals surface area contributed by atoms with Crippen LogP contribution in [0.5, 0.6) is 0 Å². The number of nitrogens with one attached hydrogen (secondary N) is 4. The normalized spacial score (nSPS) is 13.1. The fourth-order valence-electron chi connectivity index (χ4n) is 7.72. The number of halogens is 6. The molecule has 0 fully saturated rings. The number of hydrogen-bond acceptors (Lipinski definition) is 11. The minimum absolute atomic E-state index is 0.0542. The van der Waals surface area contributed by atoms with Gasteiger partial charge in [0.05, 0.1) is 69.6 Å². The Balaban J connectivity index is 0.000000245. The average Bonchev–Trinajstić information content (AvgIpc) is 3.55. The van der Waals surface area contributed by atoms with Crippen LogP contribution in [0.4, 0.5) is 49.4 Å². The van der Waals surface area contributed by atoms with Crippen molar-refractivity contribution in [2.45, 2.75) is 111 Å². The number of anilines is 4. The lowest BCUT2D eigenvalue weighted by Gasteiger charge is -2.22. The van der Waals surface area contributed by atoms with Gasteiger partial charge in [-0.25, -0.2) is 9.18 Å². The van der Waals surface area contributed by atoms with Gasteiger partial charge in [0.15, 0.2) is 11.6 Å². The summed E-state index contributed by atoms with van der Waals surface area (Å²) in [5.74, 6) is -3.70. The van der Waals surface area contributed by atoms with Crippen molar-refractivity contribution >= 4 is 55.6 Å². The van der Waals surface area contributed by atoms with Crippen LogP contribution in [-0.4, -0.2) is 49.2 Å². The Bertz CT molecular complexity index is 3060. The van der Waals surface area contributed by atoms with Crippen LogP contribution in [-0.2, 0) is 24.7 Å². The summed E-state index contributed by atoms with van der Waals surface area (Å²) in [6, 6.07) is 17.1. The first-order valence-electron chi connectivity index (χ1n) is 22.4. The van der Waals surface area contributed by atoms with Gasteiger partial charge < -0.3 is 27.0 Å². The molecule has 3 heterocycles. The highest BCUT2D eigenvalue weighted by molar-refractivity contribution is 6.02. The first-order chi connectivity index (χ1) is 32.3. The fourth-order valence-corrected chi connectivity index (χ4v) is 7.72. The summed E-state index contributed by atoms with van der Waals surface area (Å²) >= 11 is 0. The molecule has 3 aromatic heterocycles. The van der Waals surface area contributed by atoms with E-state index in [1.807, 2.05) is 58.9 Å². The fraction of sp³-hybridized carbons (Fsp3) is 0.400. The Hall–Kier alpha value is -6.94. The zero-order chi connectivity index (χ0) is 51.3. The van der Waals surface area contributed by atoms with Gasteiger partial charge in [0.2, 0.25) is 0 Å². The van der Waals surface area contributed by atoms with E-state index in [4.69, 9.17) is 11.0 Å². The minimum Gasteiger partial charge on any atom is -0.386 e. The van der Waals surface area contributed by atoms with Crippen LogP contribution in [0, 0.1) is 31.0 Å². The van der Waals surface area contributed by atoms with Gasteiger partial charge in [0.1, 0.15) is 11.9 Å². The van der Waals surface area contributed by atoms with E-state index in [1.54, 1.807) is 50.1 Å². The number of imidazole rings is 1. The molecule has 4 aromatic carbocycles. The van der Waals surface area contributed by atoms with E-state index in [9.17, 15) is 26.7 Å². The number of hydrogen-bond donors (Lipinski definition) is 5. The van der Waals surface area contributed by atoms with Crippen molar-refractivity contribution in [3.63, 3.8) is 0 Å². The van der Waals surface area contributed by atoms with E-state index >= 15 is 4.39 Å². The van der Waals surface area contributed by atoms with Crippen LogP contribution in [0.25, 0.3) is 32.6 Å². The molecule has 69 heavy (non-hydrogen) atoms. The van der Waals surface area contributed by atoms with Gasteiger partial charge in [0.25, 0.3) is 5.92 Å². The van der Waals surface area contributed by atoms with Crippen LogP contribution in [0.3, 0.4) is 0 Å². The van der Waals surface area contributed by atoms with E-state index in [1.165, 1.54) is 24.6 Å². The summed E-state index contributed by atoms with van der Waals surface area (Å²) in [6.07, 6.45) is -3.16. The largest absolute Gasteiger partial charge is 0.416 e. The molecule has 0 spiro atoms. The predicted molar refractivity (Wildman–Crippen MR) is 263 cm³/mol. The summed E-state index contributed by atoms with van der Waals surface area (Å²) in [5.41, 5.74) is 7.97. The summed E-state index contributed by atoms with van der Waals surface area (Å²) in [4.78, 5) is 13.0. The molecule has 19 heteroatoms. The molecule has 3 atom stereocenters. The molecule has 0 bridgehead atoms. The number of aromatic nitrogens is 6. The lowest BCUT2D eigenvalue weighted by molar-refractivity contribution is -0.137. The Kier molecular flexibility index (Phi) is 16.2. The highest BCUT2D eigenvalue weighted by atomic mass is 19.4. The third-order valence-corrected chi connectivity index (χ3v) is 11.3. The maximum absolute atomic E-state index is 15.1. The predicted octanol–water partition coefficient (Wildman–Crippen LogP) is 11.6. The van der Waals surface area contributed by atoms with Crippen molar-refractivity contribution in [3.05, 3.63) is 117 Å². The van der Waals surface area contributed by atoms with Crippen molar-refractivity contribution in [2.75, 3.05) is 34.9 Å². The molecule has 1 unspecified atom stereocenters. The van der Waals surface area contributed by atoms with Crippen molar-refractivity contribution in [1.82, 2.24) is 29.5 Å². The minimum atomic E-state index is -4.41. The Morgan fingerprint density at radius 2 is 1.29 bits per heavy atom. The zero-order valence-corrected chi connectivity index (χ0v) is 40.9. The zero-order valence-electron chi connectivity index (χ0n) is 40.9. The molecule has 7 rings (SSSR count). The molecule has 0 aliphatic rings. The van der Waals surface area contributed by atoms with E-state index in [2.05, 4.69) is 61.6 Å². The quantitative estimate of drug-likeness (QED) is 0.0780. The summed E-state index contributed by atoms with van der Waals surface area (Å²) in [7, 11) is 3.50. The second-order valence-corrected chi connectivity index (χ2v) is 17.9. The average molecular weight is 959 g/mol. The third kappa shape index (κ3) is 11.5. The topological polar surface area (TPSA) is 176 Å². The SMILES string of the molecule is CCC.CNc1cc2c(C)nnc(N[C@H](C)c3cccc(C(F)(F)F)c3)c2cc1NC(C)C#N.Cc1nnc(N[C@H](C)c2cccc(C(F)(F)CN)c2F)c2cc3c(cc12)n(C)c(=O)n3C(C)(C)C. The molecular formula is C50H60F6N12O. The summed E-state index contributed by atoms with van der Waals surface area (Å²) in [6.45, 7) is 17.9. The molecule has 6 N–H and O–H groups in total. The molecule has 368 valence electrons. The number of alkyl halides is 5. The number of nitrogens with two attached hydrogens (primary N) is 1. The van der Waals surface area contributed by atoms with E-state index in [-0.39, 0.29) is 11.3 Å². The molecule has 7 aromatic rings. The van der Waals surface area contributed by atoms with Gasteiger partial charge in [-0.3, -0.25) is 9.13 Å². The maximum atomic E-state index is 15.1. The molecular weight excluding hydrogens is 899 g/mol. The van der Waals surface area contributed by atoms with E-state index in [0.717, 1.165) is 51.1 Å². The van der Waals surface area contributed by atoms with Gasteiger partial charge in [-0.05, 0) is 97.4 Å². The monoisotopic (exact) mass is 958 g/mol. The molecule has 0 amide bonds. The Morgan fingerprint density at radius 1 is 0.754 bits per heavy atom. The highest BCUT2D eigenvalue weighted by Gasteiger charge is 2.35. The van der Waals surface area contributed by atoms with Crippen molar-refractivity contribution in [3.8, 4) is 6.07 Å². The van der Waals surface area contributed by atoms with Crippen LogP contribution >= 0.6 is 0 Å². The molecule has 0 saturated carbocycles. The first-order valence-corrected chi connectivity index (χ1v) is 22.4. The van der Waals surface area contributed by atoms with Crippen molar-refractivity contribution in [2.24, 2.45) is 12.8 Å². The number of nitriles is 1. The van der Waals surface area contributed by atoms with E-state index < -0.39 is 59.3 Å². The van der Waals surface area contributed by atoms with Crippen molar-refractivity contribution < 1.29 is 26.3 Å². The number of benzene rings is 4. The van der Waals surface area contributed by atoms with Crippen LogP contribution in [0.15, 0.2) is 71.5 Å². The van der Waals surface area contributed by atoms with Gasteiger partial charge >= 0.3 is 11.9 Å². The number of fused-ring (bicyclic) bond motifs is 3.